The zero-order valence-electron chi connectivity index (χ0n) is 13.6. The minimum Gasteiger partial charge on any atom is -0.465 e. The fraction of sp³-hybridized carbons (Fsp3) is 0.929. The molecule has 0 aromatic carbocycles. The Morgan fingerprint density at radius 1 is 1.14 bits per heavy atom. The molecule has 0 saturated carbocycles. The Labute approximate surface area is 132 Å². The van der Waals surface area contributed by atoms with Gasteiger partial charge in [0.15, 0.2) is 11.9 Å². The summed E-state index contributed by atoms with van der Waals surface area (Å²) in [6, 6.07) is 0. The molecule has 1 rings (SSSR count). The standard InChI is InChI=1S/C14H27O7P/c1-4-17-14(15)12(22(16,20-5-2)21-6-3)8-7-9-13-18-10-11-19-13/h12-13H,4-11H2,1-3H3. The van der Waals surface area contributed by atoms with Crippen molar-refractivity contribution in [2.75, 3.05) is 33.0 Å². The van der Waals surface area contributed by atoms with E-state index in [1.165, 1.54) is 0 Å². The van der Waals surface area contributed by atoms with E-state index in [9.17, 15) is 9.36 Å². The summed E-state index contributed by atoms with van der Waals surface area (Å²) < 4.78 is 39.2. The van der Waals surface area contributed by atoms with Gasteiger partial charge in [0.05, 0.1) is 33.0 Å². The lowest BCUT2D eigenvalue weighted by atomic mass is 10.2. The van der Waals surface area contributed by atoms with Gasteiger partial charge in [-0.05, 0) is 40.0 Å². The molecule has 0 N–H and O–H groups in total. The molecule has 1 heterocycles. The van der Waals surface area contributed by atoms with Crippen LogP contribution in [0.3, 0.4) is 0 Å². The molecule has 0 aromatic heterocycles. The lowest BCUT2D eigenvalue weighted by Gasteiger charge is -2.25. The highest BCUT2D eigenvalue weighted by Crippen LogP contribution is 2.55. The molecule has 0 spiro atoms. The molecule has 0 aliphatic carbocycles. The maximum absolute atomic E-state index is 12.8. The van der Waals surface area contributed by atoms with Gasteiger partial charge in [0, 0.05) is 0 Å². The maximum atomic E-state index is 12.8. The highest BCUT2D eigenvalue weighted by molar-refractivity contribution is 7.55. The van der Waals surface area contributed by atoms with Crippen LogP contribution in [0, 0.1) is 0 Å². The summed E-state index contributed by atoms with van der Waals surface area (Å²) >= 11 is 0. The van der Waals surface area contributed by atoms with Crippen molar-refractivity contribution in [3.63, 3.8) is 0 Å². The summed E-state index contributed by atoms with van der Waals surface area (Å²) in [6.07, 6.45) is 1.34. The number of carbonyl (C=O) groups is 1. The number of rotatable bonds is 11. The molecule has 22 heavy (non-hydrogen) atoms. The number of carbonyl (C=O) groups excluding carboxylic acids is 1. The third kappa shape index (κ3) is 5.97. The normalized spacial score (nSPS) is 17.6. The van der Waals surface area contributed by atoms with Crippen LogP contribution in [-0.4, -0.2) is 51.0 Å². The highest BCUT2D eigenvalue weighted by Gasteiger charge is 2.41. The van der Waals surface area contributed by atoms with Gasteiger partial charge in [-0.2, -0.15) is 0 Å². The van der Waals surface area contributed by atoms with Gasteiger partial charge in [0.1, 0.15) is 0 Å². The Bertz CT molecular complexity index is 358. The van der Waals surface area contributed by atoms with Crippen molar-refractivity contribution in [3.05, 3.63) is 0 Å². The molecule has 1 saturated heterocycles. The molecule has 0 bridgehead atoms. The quantitative estimate of drug-likeness (QED) is 0.423. The molecule has 0 amide bonds. The van der Waals surface area contributed by atoms with Gasteiger partial charge in [-0.1, -0.05) is 0 Å². The van der Waals surface area contributed by atoms with Gasteiger partial charge >= 0.3 is 13.6 Å². The SMILES string of the molecule is CCOC(=O)C(CCCC1OCCO1)P(=O)(OCC)OCC. The molecule has 1 atom stereocenters. The molecule has 130 valence electrons. The number of esters is 1. The van der Waals surface area contributed by atoms with Crippen LogP contribution in [0.1, 0.15) is 40.0 Å². The van der Waals surface area contributed by atoms with Crippen LogP contribution < -0.4 is 0 Å². The summed E-state index contributed by atoms with van der Waals surface area (Å²) in [7, 11) is -3.53. The van der Waals surface area contributed by atoms with Gasteiger partial charge in [0.25, 0.3) is 0 Å². The van der Waals surface area contributed by atoms with E-state index in [1.807, 2.05) is 0 Å². The third-order valence-corrected chi connectivity index (χ3v) is 5.64. The first-order chi connectivity index (χ1) is 10.6. The van der Waals surface area contributed by atoms with E-state index in [4.69, 9.17) is 23.3 Å². The van der Waals surface area contributed by atoms with Crippen molar-refractivity contribution in [1.29, 1.82) is 0 Å². The summed E-state index contributed by atoms with van der Waals surface area (Å²) in [5, 5.41) is 0. The van der Waals surface area contributed by atoms with Crippen molar-refractivity contribution in [2.24, 2.45) is 0 Å². The largest absolute Gasteiger partial charge is 0.465 e. The van der Waals surface area contributed by atoms with Crippen LogP contribution in [0.5, 0.6) is 0 Å². The van der Waals surface area contributed by atoms with Crippen molar-refractivity contribution >= 4 is 13.6 Å². The lowest BCUT2D eigenvalue weighted by Crippen LogP contribution is -2.26. The molecule has 7 nitrogen and oxygen atoms in total. The van der Waals surface area contributed by atoms with Crippen molar-refractivity contribution in [2.45, 2.75) is 52.0 Å². The van der Waals surface area contributed by atoms with Crippen molar-refractivity contribution < 1.29 is 32.6 Å². The molecule has 1 aliphatic heterocycles. The zero-order chi connectivity index (χ0) is 16.4. The summed E-state index contributed by atoms with van der Waals surface area (Å²) in [5.41, 5.74) is -0.909. The summed E-state index contributed by atoms with van der Waals surface area (Å²) in [5.74, 6) is -0.541. The monoisotopic (exact) mass is 338 g/mol. The van der Waals surface area contributed by atoms with E-state index in [-0.39, 0.29) is 26.1 Å². The van der Waals surface area contributed by atoms with E-state index >= 15 is 0 Å². The first-order valence-corrected chi connectivity index (χ1v) is 9.47. The van der Waals surface area contributed by atoms with Crippen molar-refractivity contribution in [3.8, 4) is 0 Å². The Kier molecular flexibility index (Phi) is 9.21. The van der Waals surface area contributed by atoms with Crippen LogP contribution in [0.25, 0.3) is 0 Å². The van der Waals surface area contributed by atoms with E-state index < -0.39 is 19.2 Å². The molecular formula is C14H27O7P. The number of hydrogen-bond acceptors (Lipinski definition) is 7. The smallest absolute Gasteiger partial charge is 0.344 e. The molecule has 8 heteroatoms. The van der Waals surface area contributed by atoms with Crippen LogP contribution in [-0.2, 0) is 32.6 Å². The maximum Gasteiger partial charge on any atom is 0.344 e. The fourth-order valence-electron chi connectivity index (χ4n) is 2.27. The van der Waals surface area contributed by atoms with E-state index in [0.717, 1.165) is 0 Å². The molecule has 1 fully saturated rings. The Morgan fingerprint density at radius 3 is 2.23 bits per heavy atom. The highest BCUT2D eigenvalue weighted by atomic mass is 31.2. The number of hydrogen-bond donors (Lipinski definition) is 0. The number of ether oxygens (including phenoxy) is 3. The van der Waals surface area contributed by atoms with E-state index in [0.29, 0.717) is 32.5 Å². The predicted molar refractivity (Wildman–Crippen MR) is 80.8 cm³/mol. The molecular weight excluding hydrogens is 311 g/mol. The van der Waals surface area contributed by atoms with Crippen LogP contribution in [0.2, 0.25) is 0 Å². The zero-order valence-corrected chi connectivity index (χ0v) is 14.5. The summed E-state index contributed by atoms with van der Waals surface area (Å²) in [6.45, 7) is 6.96. The first kappa shape index (κ1) is 19.6. The molecule has 1 unspecified atom stereocenters. The van der Waals surface area contributed by atoms with Gasteiger partial charge in [-0.25, -0.2) is 0 Å². The van der Waals surface area contributed by atoms with E-state index in [1.54, 1.807) is 20.8 Å². The second kappa shape index (κ2) is 10.3. The van der Waals surface area contributed by atoms with Gasteiger partial charge in [-0.3, -0.25) is 9.36 Å². The minimum absolute atomic E-state index is 0.210. The fourth-order valence-corrected chi connectivity index (χ4v) is 4.26. The second-order valence-corrected chi connectivity index (χ2v) is 6.96. The van der Waals surface area contributed by atoms with Gasteiger partial charge < -0.3 is 23.3 Å². The second-order valence-electron chi connectivity index (χ2n) is 4.75. The topological polar surface area (TPSA) is 80.3 Å². The predicted octanol–water partition coefficient (Wildman–Crippen LogP) is 2.73. The average molecular weight is 338 g/mol. The van der Waals surface area contributed by atoms with Gasteiger partial charge in [0.2, 0.25) is 0 Å². The first-order valence-electron chi connectivity index (χ1n) is 7.86. The molecule has 0 radical (unpaired) electrons. The van der Waals surface area contributed by atoms with Gasteiger partial charge in [-0.15, -0.1) is 0 Å². The van der Waals surface area contributed by atoms with Crippen molar-refractivity contribution in [1.82, 2.24) is 0 Å². The average Bonchev–Trinajstić information content (AvgIpc) is 2.97. The Morgan fingerprint density at radius 2 is 1.73 bits per heavy atom. The van der Waals surface area contributed by atoms with E-state index in [2.05, 4.69) is 0 Å². The third-order valence-electron chi connectivity index (χ3n) is 3.17. The molecule has 1 aliphatic rings. The molecule has 0 aromatic rings. The summed E-state index contributed by atoms with van der Waals surface area (Å²) in [4.78, 5) is 12.1. The van der Waals surface area contributed by atoms with Crippen LogP contribution in [0.4, 0.5) is 0 Å². The van der Waals surface area contributed by atoms with Crippen LogP contribution in [0.15, 0.2) is 0 Å². The lowest BCUT2D eigenvalue weighted by molar-refractivity contribution is -0.143. The Balaban J connectivity index is 2.67. The van der Waals surface area contributed by atoms with Crippen LogP contribution >= 0.6 is 7.60 Å². The Hall–Kier alpha value is -0.460. The minimum atomic E-state index is -3.53.